The van der Waals surface area contributed by atoms with Crippen molar-refractivity contribution in [3.05, 3.63) is 23.3 Å². The van der Waals surface area contributed by atoms with Gasteiger partial charge in [-0.15, -0.1) is 16.3 Å². The Labute approximate surface area is 149 Å². The van der Waals surface area contributed by atoms with Gasteiger partial charge in [-0.05, 0) is 18.6 Å². The van der Waals surface area contributed by atoms with Crippen LogP contribution in [0.4, 0.5) is 5.13 Å². The molecule has 0 spiro atoms. The van der Waals surface area contributed by atoms with Crippen LogP contribution in [-0.4, -0.2) is 35.4 Å². The molecule has 0 radical (unpaired) electrons. The van der Waals surface area contributed by atoms with E-state index >= 15 is 0 Å². The van der Waals surface area contributed by atoms with Crippen LogP contribution in [0, 0.1) is 11.5 Å². The topological polar surface area (TPSA) is 142 Å². The minimum absolute atomic E-state index is 0.127. The van der Waals surface area contributed by atoms with Crippen molar-refractivity contribution in [2.45, 2.75) is 19.9 Å². The maximum absolute atomic E-state index is 8.52. The van der Waals surface area contributed by atoms with Crippen molar-refractivity contribution < 1.29 is 4.42 Å². The molecule has 2 heterocycles. The average Bonchev–Trinajstić information content (AvgIpc) is 3.22. The van der Waals surface area contributed by atoms with Crippen LogP contribution in [0.25, 0.3) is 11.5 Å². The number of nitrogens with two attached hydrogens (primary N) is 2. The third-order valence-corrected chi connectivity index (χ3v) is 3.87. The van der Waals surface area contributed by atoms with Crippen LogP contribution in [0.5, 0.6) is 0 Å². The molecule has 10 heteroatoms. The van der Waals surface area contributed by atoms with Crippen molar-refractivity contribution >= 4 is 28.4 Å². The number of thiazole rings is 1. The fourth-order valence-electron chi connectivity index (χ4n) is 1.88. The highest BCUT2D eigenvalue weighted by Crippen LogP contribution is 2.26. The highest BCUT2D eigenvalue weighted by molar-refractivity contribution is 7.14. The van der Waals surface area contributed by atoms with Gasteiger partial charge in [0, 0.05) is 19.0 Å². The zero-order valence-electron chi connectivity index (χ0n) is 14.1. The van der Waals surface area contributed by atoms with Crippen LogP contribution in [0.15, 0.2) is 31.9 Å². The molecule has 5 N–H and O–H groups in total. The lowest BCUT2D eigenvalue weighted by Gasteiger charge is -2.14. The van der Waals surface area contributed by atoms with Crippen LogP contribution >= 0.6 is 11.3 Å². The van der Waals surface area contributed by atoms with Gasteiger partial charge in [-0.25, -0.2) is 4.98 Å². The van der Waals surface area contributed by atoms with E-state index < -0.39 is 0 Å². The minimum Gasteiger partial charge on any atom is -0.458 e. The van der Waals surface area contributed by atoms with Gasteiger partial charge in [-0.1, -0.05) is 6.92 Å². The minimum atomic E-state index is 0.127. The summed E-state index contributed by atoms with van der Waals surface area (Å²) in [5.74, 6) is 1.78. The van der Waals surface area contributed by atoms with Crippen LogP contribution in [0.2, 0.25) is 0 Å². The lowest BCUT2D eigenvalue weighted by molar-refractivity contribution is 0.412. The second kappa shape index (κ2) is 8.70. The van der Waals surface area contributed by atoms with E-state index in [0.29, 0.717) is 41.4 Å². The first-order valence-electron chi connectivity index (χ1n) is 7.58. The van der Waals surface area contributed by atoms with Crippen LogP contribution < -0.4 is 16.8 Å². The van der Waals surface area contributed by atoms with Gasteiger partial charge < -0.3 is 26.1 Å². The smallest absolute Gasteiger partial charge is 0.209 e. The van der Waals surface area contributed by atoms with E-state index in [1.54, 1.807) is 18.1 Å². The van der Waals surface area contributed by atoms with Crippen LogP contribution in [-0.2, 0) is 6.54 Å². The first-order valence-corrected chi connectivity index (χ1v) is 8.46. The van der Waals surface area contributed by atoms with Gasteiger partial charge in [0.1, 0.15) is 11.5 Å². The van der Waals surface area contributed by atoms with Crippen molar-refractivity contribution in [1.29, 1.82) is 5.26 Å². The number of nitrogens with zero attached hydrogens (tertiary/aromatic N) is 5. The summed E-state index contributed by atoms with van der Waals surface area (Å²) in [6, 6.07) is 3.66. The zero-order chi connectivity index (χ0) is 18.2. The van der Waals surface area contributed by atoms with Crippen molar-refractivity contribution in [2.24, 2.45) is 21.5 Å². The molecule has 9 nitrogen and oxygen atoms in total. The average molecular weight is 360 g/mol. The standard InChI is InChI=1S/C15H20N8OS/c1-3-6-19-13(17)22-15-21-11(8-25-15)12-5-4-10(24-12)7-23(2)14(18)20-9-16/h4-5,8H,3,6-7H2,1-2H3,(H2,18,20)(H3,17,19,21,22). The Hall–Kier alpha value is -3.06. The van der Waals surface area contributed by atoms with Gasteiger partial charge in [0.05, 0.1) is 6.54 Å². The number of guanidine groups is 2. The van der Waals surface area contributed by atoms with Crippen molar-refractivity contribution in [1.82, 2.24) is 9.88 Å². The number of hydrogen-bond acceptors (Lipinski definition) is 6. The SMILES string of the molecule is CCCN=C(N)Nc1nc(-c2ccc(CN(C)C(N)=NC#N)o2)cs1. The molecule has 0 aliphatic heterocycles. The highest BCUT2D eigenvalue weighted by Gasteiger charge is 2.12. The van der Waals surface area contributed by atoms with E-state index in [1.165, 1.54) is 11.3 Å². The second-order valence-electron chi connectivity index (χ2n) is 5.12. The summed E-state index contributed by atoms with van der Waals surface area (Å²) in [5.41, 5.74) is 12.1. The quantitative estimate of drug-likeness (QED) is 0.405. The molecule has 0 saturated carbocycles. The molecule has 0 amide bonds. The summed E-state index contributed by atoms with van der Waals surface area (Å²) in [7, 11) is 1.72. The van der Waals surface area contributed by atoms with Gasteiger partial charge in [-0.2, -0.15) is 5.26 Å². The number of anilines is 1. The van der Waals surface area contributed by atoms with Gasteiger partial charge in [-0.3, -0.25) is 4.99 Å². The second-order valence-corrected chi connectivity index (χ2v) is 5.98. The van der Waals surface area contributed by atoms with Gasteiger partial charge in [0.2, 0.25) is 12.2 Å². The fourth-order valence-corrected chi connectivity index (χ4v) is 2.58. The van der Waals surface area contributed by atoms with Gasteiger partial charge in [0.25, 0.3) is 0 Å². The third-order valence-electron chi connectivity index (χ3n) is 3.11. The zero-order valence-corrected chi connectivity index (χ0v) is 14.9. The monoisotopic (exact) mass is 360 g/mol. The summed E-state index contributed by atoms with van der Waals surface area (Å²) in [5, 5.41) is 14.0. The first kappa shape index (κ1) is 18.3. The van der Waals surface area contributed by atoms with E-state index in [1.807, 2.05) is 24.4 Å². The Balaban J connectivity index is 2.03. The number of nitriles is 1. The van der Waals surface area contributed by atoms with E-state index in [4.69, 9.17) is 21.1 Å². The summed E-state index contributed by atoms with van der Waals surface area (Å²) in [6.07, 6.45) is 2.58. The van der Waals surface area contributed by atoms with E-state index in [2.05, 4.69) is 20.3 Å². The molecule has 0 aliphatic carbocycles. The Morgan fingerprint density at radius 2 is 2.28 bits per heavy atom. The number of hydrogen-bond donors (Lipinski definition) is 3. The number of furan rings is 1. The lowest BCUT2D eigenvalue weighted by atomic mass is 10.3. The molecule has 0 aliphatic rings. The Morgan fingerprint density at radius 3 is 3.00 bits per heavy atom. The van der Waals surface area contributed by atoms with E-state index in [-0.39, 0.29) is 5.96 Å². The molecule has 0 fully saturated rings. The maximum Gasteiger partial charge on any atom is 0.209 e. The number of aliphatic imine (C=N–C) groups is 2. The number of rotatable bonds is 6. The Bertz CT molecular complexity index is 801. The van der Waals surface area contributed by atoms with Gasteiger partial charge in [0.15, 0.2) is 16.9 Å². The molecule has 2 rings (SSSR count). The number of aromatic nitrogens is 1. The summed E-state index contributed by atoms with van der Waals surface area (Å²) in [6.45, 7) is 3.09. The van der Waals surface area contributed by atoms with E-state index in [9.17, 15) is 0 Å². The van der Waals surface area contributed by atoms with Crippen molar-refractivity contribution in [3.63, 3.8) is 0 Å². The molecule has 0 saturated heterocycles. The normalized spacial score (nSPS) is 12.0. The molecule has 2 aromatic rings. The maximum atomic E-state index is 8.52. The Kier molecular flexibility index (Phi) is 6.36. The number of nitrogens with one attached hydrogen (secondary N) is 1. The molecular weight excluding hydrogens is 340 g/mol. The lowest BCUT2D eigenvalue weighted by Crippen LogP contribution is -2.33. The summed E-state index contributed by atoms with van der Waals surface area (Å²) >= 11 is 1.41. The third kappa shape index (κ3) is 5.22. The molecule has 0 atom stereocenters. The largest absolute Gasteiger partial charge is 0.458 e. The molecule has 0 unspecified atom stereocenters. The van der Waals surface area contributed by atoms with Crippen LogP contribution in [0.1, 0.15) is 19.1 Å². The molecule has 132 valence electrons. The fraction of sp³-hybridized carbons (Fsp3) is 0.333. The molecular formula is C15H20N8OS. The summed E-state index contributed by atoms with van der Waals surface area (Å²) < 4.78 is 5.77. The molecule has 0 aromatic carbocycles. The van der Waals surface area contributed by atoms with Crippen molar-refractivity contribution in [2.75, 3.05) is 18.9 Å². The molecule has 2 aromatic heterocycles. The molecule has 0 bridgehead atoms. The highest BCUT2D eigenvalue weighted by atomic mass is 32.1. The predicted molar refractivity (Wildman–Crippen MR) is 98.9 cm³/mol. The Morgan fingerprint density at radius 1 is 1.48 bits per heavy atom. The predicted octanol–water partition coefficient (Wildman–Crippen LogP) is 1.77. The molecule has 25 heavy (non-hydrogen) atoms. The van der Waals surface area contributed by atoms with Gasteiger partial charge >= 0.3 is 0 Å². The van der Waals surface area contributed by atoms with Crippen LogP contribution in [0.3, 0.4) is 0 Å². The summed E-state index contributed by atoms with van der Waals surface area (Å²) in [4.78, 5) is 13.7. The first-order chi connectivity index (χ1) is 12.0. The van der Waals surface area contributed by atoms with E-state index in [0.717, 1.165) is 6.42 Å². The van der Waals surface area contributed by atoms with Crippen molar-refractivity contribution in [3.8, 4) is 17.6 Å².